The Labute approximate surface area is 157 Å². The Balaban J connectivity index is 1.95. The summed E-state index contributed by atoms with van der Waals surface area (Å²) in [5, 5.41) is 8.10. The third-order valence-electron chi connectivity index (χ3n) is 6.24. The van der Waals surface area contributed by atoms with Crippen molar-refractivity contribution < 1.29 is 0 Å². The van der Waals surface area contributed by atoms with Crippen LogP contribution in [-0.2, 0) is 0 Å². The van der Waals surface area contributed by atoms with Gasteiger partial charge >= 0.3 is 0 Å². The maximum atomic E-state index is 2.53. The molecule has 0 saturated heterocycles. The molecule has 0 aliphatic carbocycles. The highest BCUT2D eigenvalue weighted by molar-refractivity contribution is 7.14. The molecule has 4 aromatic carbocycles. The molecule has 124 valence electrons. The minimum absolute atomic E-state index is 1.29. The van der Waals surface area contributed by atoms with Gasteiger partial charge in [-0.2, -0.15) is 0 Å². The molecule has 0 bridgehead atoms. The Morgan fingerprint density at radius 1 is 0.481 bits per heavy atom. The Morgan fingerprint density at radius 3 is 1.96 bits per heavy atom. The van der Waals surface area contributed by atoms with E-state index in [4.69, 9.17) is 0 Å². The molecule has 2 nitrogen and oxygen atoms in total. The highest BCUT2D eigenvalue weighted by atomic mass is 32.1. The normalized spacial score (nSPS) is 13.2. The Hall–Kier alpha value is -3.30. The predicted molar refractivity (Wildman–Crippen MR) is 116 cm³/mol. The van der Waals surface area contributed by atoms with E-state index in [0.29, 0.717) is 0 Å². The summed E-state index contributed by atoms with van der Waals surface area (Å²) in [6, 6.07) is 26.9. The van der Waals surface area contributed by atoms with Crippen LogP contribution in [-0.4, -0.2) is 8.19 Å². The van der Waals surface area contributed by atoms with Crippen LogP contribution in [0.3, 0.4) is 0 Å². The van der Waals surface area contributed by atoms with E-state index in [1.54, 1.807) is 0 Å². The molecule has 0 aliphatic heterocycles. The molecular formula is C24H12N2S. The number of rotatable bonds is 0. The van der Waals surface area contributed by atoms with Crippen molar-refractivity contribution >= 4 is 76.1 Å². The summed E-state index contributed by atoms with van der Waals surface area (Å²) in [5.74, 6) is 0. The van der Waals surface area contributed by atoms with Crippen LogP contribution in [0.5, 0.6) is 0 Å². The van der Waals surface area contributed by atoms with Crippen molar-refractivity contribution in [1.82, 2.24) is 8.19 Å². The van der Waals surface area contributed by atoms with Gasteiger partial charge in [0.25, 0.3) is 0 Å². The van der Waals surface area contributed by atoms with E-state index in [9.17, 15) is 0 Å². The third-order valence-corrected chi connectivity index (χ3v) is 7.33. The lowest BCUT2D eigenvalue weighted by molar-refractivity contribution is 1.38. The van der Waals surface area contributed by atoms with Crippen molar-refractivity contribution in [2.24, 2.45) is 0 Å². The largest absolute Gasteiger partial charge is 0.304 e. The van der Waals surface area contributed by atoms with E-state index >= 15 is 0 Å². The molecule has 0 aliphatic rings. The second kappa shape index (κ2) is 4.00. The van der Waals surface area contributed by atoms with Crippen molar-refractivity contribution in [3.8, 4) is 0 Å². The van der Waals surface area contributed by atoms with Gasteiger partial charge in [0.15, 0.2) is 0 Å². The van der Waals surface area contributed by atoms with Crippen molar-refractivity contribution in [3.63, 3.8) is 0 Å². The first-order chi connectivity index (χ1) is 13.4. The van der Waals surface area contributed by atoms with Gasteiger partial charge in [-0.3, -0.25) is 3.79 Å². The quantitative estimate of drug-likeness (QED) is 0.278. The maximum absolute atomic E-state index is 2.53. The highest BCUT2D eigenvalue weighted by Crippen LogP contribution is 2.45. The van der Waals surface area contributed by atoms with Crippen LogP contribution in [0.4, 0.5) is 0 Å². The molecule has 0 fully saturated rings. The van der Waals surface area contributed by atoms with Gasteiger partial charge in [-0.1, -0.05) is 72.2 Å². The van der Waals surface area contributed by atoms with E-state index in [0.717, 1.165) is 0 Å². The molecule has 0 saturated carbocycles. The maximum Gasteiger partial charge on any atom is 0.0892 e. The van der Waals surface area contributed by atoms with E-state index in [-0.39, 0.29) is 0 Å². The van der Waals surface area contributed by atoms with Gasteiger partial charge in [0.1, 0.15) is 0 Å². The first-order valence-corrected chi connectivity index (χ1v) is 10.0. The third kappa shape index (κ3) is 1.24. The van der Waals surface area contributed by atoms with E-state index in [2.05, 4.69) is 81.0 Å². The second-order valence-corrected chi connectivity index (χ2v) is 8.44. The minimum Gasteiger partial charge on any atom is -0.304 e. The molecule has 8 rings (SSSR count). The van der Waals surface area contributed by atoms with E-state index < -0.39 is 0 Å². The van der Waals surface area contributed by atoms with Crippen molar-refractivity contribution in [2.45, 2.75) is 0 Å². The minimum atomic E-state index is 1.29. The molecule has 0 amide bonds. The van der Waals surface area contributed by atoms with Crippen molar-refractivity contribution in [1.29, 1.82) is 0 Å². The van der Waals surface area contributed by atoms with E-state index in [1.807, 2.05) is 11.5 Å². The fraction of sp³-hybridized carbons (Fsp3) is 0. The summed E-state index contributed by atoms with van der Waals surface area (Å²) < 4.78 is 6.30. The smallest absolute Gasteiger partial charge is 0.0892 e. The number of para-hydroxylation sites is 3. The van der Waals surface area contributed by atoms with Gasteiger partial charge in [0.2, 0.25) is 0 Å². The van der Waals surface area contributed by atoms with Gasteiger partial charge in [0.05, 0.1) is 32.3 Å². The average Bonchev–Trinajstić information content (AvgIpc) is 3.30. The zero-order valence-electron chi connectivity index (χ0n) is 14.2. The second-order valence-electron chi connectivity index (χ2n) is 7.45. The van der Waals surface area contributed by atoms with Crippen LogP contribution < -0.4 is 0 Å². The Bertz CT molecular complexity index is 1830. The van der Waals surface area contributed by atoms with Crippen molar-refractivity contribution in [3.05, 3.63) is 72.8 Å². The van der Waals surface area contributed by atoms with Gasteiger partial charge in [-0.25, -0.2) is 0 Å². The summed E-state index contributed by atoms with van der Waals surface area (Å²) in [5.41, 5.74) is 6.69. The molecule has 27 heavy (non-hydrogen) atoms. The standard InChI is InChI=1S/C24H12N2S/c1-2-9-19-13(5-1)17-11-12-18-15-7-3-6-14-16-8-4-10-20-22(16)25(21(14)15)23(18)24(17)26(19)27-20/h1-12H. The average molecular weight is 360 g/mol. The number of nitrogens with zero attached hydrogens (tertiary/aromatic N) is 2. The van der Waals surface area contributed by atoms with Gasteiger partial charge in [-0.05, 0) is 12.1 Å². The molecule has 4 aromatic heterocycles. The number of hydrogen-bond donors (Lipinski definition) is 0. The molecule has 0 spiro atoms. The highest BCUT2D eigenvalue weighted by Gasteiger charge is 2.23. The van der Waals surface area contributed by atoms with Crippen LogP contribution >= 0.6 is 11.5 Å². The summed E-state index contributed by atoms with van der Waals surface area (Å²) in [6.45, 7) is 0. The summed E-state index contributed by atoms with van der Waals surface area (Å²) in [4.78, 5) is 0. The zero-order valence-corrected chi connectivity index (χ0v) is 15.0. The molecule has 8 aromatic rings. The molecule has 0 atom stereocenters. The van der Waals surface area contributed by atoms with Crippen LogP contribution in [0.2, 0.25) is 0 Å². The first-order valence-electron chi connectivity index (χ1n) is 9.23. The van der Waals surface area contributed by atoms with Gasteiger partial charge in [-0.15, -0.1) is 0 Å². The fourth-order valence-corrected chi connectivity index (χ4v) is 6.39. The predicted octanol–water partition coefficient (Wildman–Crippen LogP) is 6.90. The Kier molecular flexibility index (Phi) is 1.92. The number of hydrogen-bond acceptors (Lipinski definition) is 1. The number of aromatic nitrogens is 2. The van der Waals surface area contributed by atoms with Crippen LogP contribution in [0, 0.1) is 0 Å². The van der Waals surface area contributed by atoms with Crippen LogP contribution in [0.25, 0.3) is 64.6 Å². The summed E-state index contributed by atoms with van der Waals surface area (Å²) in [7, 11) is 0. The van der Waals surface area contributed by atoms with Crippen molar-refractivity contribution in [2.75, 3.05) is 0 Å². The fourth-order valence-electron chi connectivity index (χ4n) is 5.24. The monoisotopic (exact) mass is 360 g/mol. The number of fused-ring (bicyclic) bond motifs is 5. The first kappa shape index (κ1) is 13.0. The molecular weight excluding hydrogens is 348 g/mol. The number of benzene rings is 4. The molecule has 3 heteroatoms. The van der Waals surface area contributed by atoms with Crippen LogP contribution in [0.15, 0.2) is 72.8 Å². The topological polar surface area (TPSA) is 8.82 Å². The van der Waals surface area contributed by atoms with Gasteiger partial charge in [0, 0.05) is 32.3 Å². The molecule has 0 unspecified atom stereocenters. The lowest BCUT2D eigenvalue weighted by Gasteiger charge is -1.98. The van der Waals surface area contributed by atoms with E-state index in [1.165, 1.54) is 64.6 Å². The lowest BCUT2D eigenvalue weighted by atomic mass is 10.1. The SMILES string of the molecule is c1ccc2c(c1)c1ccc3c4cccc5c6cccc7sn2c1c3n(c76)c54. The molecule has 0 N–H and O–H groups in total. The zero-order chi connectivity index (χ0) is 17.3. The Morgan fingerprint density at radius 2 is 1.11 bits per heavy atom. The lowest BCUT2D eigenvalue weighted by Crippen LogP contribution is -1.81. The summed E-state index contributed by atoms with van der Waals surface area (Å²) >= 11 is 1.86. The van der Waals surface area contributed by atoms with Gasteiger partial charge < -0.3 is 4.40 Å². The molecule has 4 heterocycles. The molecule has 0 radical (unpaired) electrons. The van der Waals surface area contributed by atoms with Crippen LogP contribution in [0.1, 0.15) is 0 Å². The summed E-state index contributed by atoms with van der Waals surface area (Å²) in [6.07, 6.45) is 0.